The summed E-state index contributed by atoms with van der Waals surface area (Å²) < 4.78 is 17.0. The molecule has 3 rings (SSSR count). The van der Waals surface area contributed by atoms with Crippen LogP contribution in [0.4, 0.5) is 0 Å². The second kappa shape index (κ2) is 9.06. The average molecular weight is 384 g/mol. The minimum atomic E-state index is -0.0213. The Kier molecular flexibility index (Phi) is 6.52. The van der Waals surface area contributed by atoms with Gasteiger partial charge in [-0.2, -0.15) is 0 Å². The molecule has 2 heterocycles. The van der Waals surface area contributed by atoms with E-state index in [1.54, 1.807) is 31.6 Å². The second-order valence-electron chi connectivity index (χ2n) is 7.13. The van der Waals surface area contributed by atoms with E-state index in [1.807, 2.05) is 6.07 Å². The van der Waals surface area contributed by atoms with Gasteiger partial charge in [0.25, 0.3) is 0 Å². The van der Waals surface area contributed by atoms with Crippen LogP contribution in [-0.4, -0.2) is 49.7 Å². The Morgan fingerprint density at radius 1 is 1.32 bits per heavy atom. The van der Waals surface area contributed by atoms with Crippen LogP contribution in [0.15, 0.2) is 30.6 Å². The van der Waals surface area contributed by atoms with Crippen molar-refractivity contribution in [2.75, 3.05) is 34.0 Å². The summed E-state index contributed by atoms with van der Waals surface area (Å²) in [6.45, 7) is 6.28. The van der Waals surface area contributed by atoms with Gasteiger partial charge in [0.1, 0.15) is 0 Å². The minimum Gasteiger partial charge on any atom is -0.492 e. The van der Waals surface area contributed by atoms with Gasteiger partial charge in [0, 0.05) is 36.5 Å². The summed E-state index contributed by atoms with van der Waals surface area (Å²) in [6.07, 6.45) is 4.52. The Morgan fingerprint density at radius 2 is 2.07 bits per heavy atom. The number of pyridine rings is 1. The standard InChI is InChI=1S/C22H28N2O4/c1-5-24(3)11-8-17-13-19-21(28-14-27-19)22(26-4)20(17)15(2)12-18(25)16-6-9-23-10-7-16/h6-7,9-10,13,15H,5,8,11-12,14H2,1-4H3. The first kappa shape index (κ1) is 20.1. The van der Waals surface area contributed by atoms with Gasteiger partial charge in [-0.3, -0.25) is 9.78 Å². The Bertz CT molecular complexity index is 823. The van der Waals surface area contributed by atoms with Crippen LogP contribution in [0, 0.1) is 0 Å². The van der Waals surface area contributed by atoms with Gasteiger partial charge in [0.2, 0.25) is 12.5 Å². The first-order valence-electron chi connectivity index (χ1n) is 9.66. The van der Waals surface area contributed by atoms with E-state index < -0.39 is 0 Å². The summed E-state index contributed by atoms with van der Waals surface area (Å²) in [4.78, 5) is 19.0. The summed E-state index contributed by atoms with van der Waals surface area (Å²) in [5, 5.41) is 0. The molecular weight excluding hydrogens is 356 g/mol. The smallest absolute Gasteiger partial charge is 0.231 e. The maximum absolute atomic E-state index is 12.8. The minimum absolute atomic E-state index is 0.0213. The van der Waals surface area contributed by atoms with Crippen LogP contribution in [0.2, 0.25) is 0 Å². The van der Waals surface area contributed by atoms with Gasteiger partial charge < -0.3 is 19.1 Å². The van der Waals surface area contributed by atoms with Gasteiger partial charge in [-0.15, -0.1) is 0 Å². The molecule has 0 amide bonds. The molecule has 1 aromatic carbocycles. The molecule has 1 aliphatic rings. The number of hydrogen-bond donors (Lipinski definition) is 0. The monoisotopic (exact) mass is 384 g/mol. The number of carbonyl (C=O) groups is 1. The fourth-order valence-electron chi connectivity index (χ4n) is 3.53. The van der Waals surface area contributed by atoms with Crippen molar-refractivity contribution in [1.82, 2.24) is 9.88 Å². The third-order valence-corrected chi connectivity index (χ3v) is 5.24. The molecule has 28 heavy (non-hydrogen) atoms. The van der Waals surface area contributed by atoms with E-state index in [2.05, 4.69) is 30.8 Å². The number of ether oxygens (including phenoxy) is 3. The number of fused-ring (bicyclic) bond motifs is 1. The van der Waals surface area contributed by atoms with E-state index >= 15 is 0 Å². The lowest BCUT2D eigenvalue weighted by Gasteiger charge is -2.22. The van der Waals surface area contributed by atoms with Gasteiger partial charge in [0.15, 0.2) is 17.3 Å². The maximum atomic E-state index is 12.8. The fourth-order valence-corrected chi connectivity index (χ4v) is 3.53. The summed E-state index contributed by atoms with van der Waals surface area (Å²) >= 11 is 0. The number of nitrogens with zero attached hydrogens (tertiary/aromatic N) is 2. The molecule has 1 aliphatic heterocycles. The molecule has 6 heteroatoms. The lowest BCUT2D eigenvalue weighted by molar-refractivity contribution is 0.0975. The summed E-state index contributed by atoms with van der Waals surface area (Å²) in [5.41, 5.74) is 2.84. The second-order valence-corrected chi connectivity index (χ2v) is 7.13. The summed E-state index contributed by atoms with van der Waals surface area (Å²) in [6, 6.07) is 5.54. The van der Waals surface area contributed by atoms with E-state index in [-0.39, 0.29) is 18.5 Å². The van der Waals surface area contributed by atoms with Crippen LogP contribution in [0.25, 0.3) is 0 Å². The molecule has 0 N–H and O–H groups in total. The van der Waals surface area contributed by atoms with Crippen LogP contribution < -0.4 is 14.2 Å². The molecule has 0 radical (unpaired) electrons. The van der Waals surface area contributed by atoms with Crippen LogP contribution in [0.5, 0.6) is 17.2 Å². The topological polar surface area (TPSA) is 60.9 Å². The van der Waals surface area contributed by atoms with Gasteiger partial charge in [-0.1, -0.05) is 13.8 Å². The van der Waals surface area contributed by atoms with Crippen molar-refractivity contribution in [3.63, 3.8) is 0 Å². The van der Waals surface area contributed by atoms with Crippen molar-refractivity contribution >= 4 is 5.78 Å². The third-order valence-electron chi connectivity index (χ3n) is 5.24. The Morgan fingerprint density at radius 3 is 2.75 bits per heavy atom. The van der Waals surface area contributed by atoms with Crippen molar-refractivity contribution in [2.24, 2.45) is 0 Å². The van der Waals surface area contributed by atoms with Crippen molar-refractivity contribution in [3.05, 3.63) is 47.3 Å². The predicted octanol–water partition coefficient (Wildman–Crippen LogP) is 3.69. The van der Waals surface area contributed by atoms with Crippen molar-refractivity contribution in [1.29, 1.82) is 0 Å². The molecule has 1 unspecified atom stereocenters. The number of likely N-dealkylation sites (N-methyl/N-ethyl adjacent to an activating group) is 1. The molecule has 2 aromatic rings. The van der Waals surface area contributed by atoms with Crippen LogP contribution in [-0.2, 0) is 6.42 Å². The molecule has 0 aliphatic carbocycles. The Balaban J connectivity index is 1.93. The van der Waals surface area contributed by atoms with E-state index in [9.17, 15) is 4.79 Å². The fraction of sp³-hybridized carbons (Fsp3) is 0.455. The molecule has 150 valence electrons. The highest BCUT2D eigenvalue weighted by Gasteiger charge is 2.28. The maximum Gasteiger partial charge on any atom is 0.231 e. The Hall–Kier alpha value is -2.60. The van der Waals surface area contributed by atoms with Crippen LogP contribution in [0.3, 0.4) is 0 Å². The van der Waals surface area contributed by atoms with Crippen LogP contribution >= 0.6 is 0 Å². The van der Waals surface area contributed by atoms with Gasteiger partial charge in [0.05, 0.1) is 7.11 Å². The quantitative estimate of drug-likeness (QED) is 0.615. The van der Waals surface area contributed by atoms with E-state index in [1.165, 1.54) is 0 Å². The van der Waals surface area contributed by atoms with Crippen LogP contribution in [0.1, 0.15) is 47.7 Å². The molecule has 0 saturated heterocycles. The zero-order chi connectivity index (χ0) is 20.1. The molecule has 0 saturated carbocycles. The van der Waals surface area contributed by atoms with Gasteiger partial charge in [-0.25, -0.2) is 0 Å². The van der Waals surface area contributed by atoms with E-state index in [0.29, 0.717) is 29.2 Å². The largest absolute Gasteiger partial charge is 0.492 e. The van der Waals surface area contributed by atoms with E-state index in [0.717, 1.165) is 30.6 Å². The number of aromatic nitrogens is 1. The normalized spacial score (nSPS) is 13.6. The van der Waals surface area contributed by atoms with Crippen molar-refractivity contribution in [3.8, 4) is 17.2 Å². The zero-order valence-electron chi connectivity index (χ0n) is 17.0. The molecule has 6 nitrogen and oxygen atoms in total. The SMILES string of the molecule is CCN(C)CCc1cc2c(c(OC)c1C(C)CC(=O)c1ccncc1)OCO2. The molecule has 0 bridgehead atoms. The third kappa shape index (κ3) is 4.28. The number of methoxy groups -OCH3 is 1. The highest BCUT2D eigenvalue weighted by Crippen LogP contribution is 2.48. The predicted molar refractivity (Wildman–Crippen MR) is 108 cm³/mol. The highest BCUT2D eigenvalue weighted by molar-refractivity contribution is 5.96. The van der Waals surface area contributed by atoms with Crippen molar-refractivity contribution in [2.45, 2.75) is 32.6 Å². The number of carbonyl (C=O) groups excluding carboxylic acids is 1. The Labute approximate surface area is 166 Å². The first-order chi connectivity index (χ1) is 13.5. The first-order valence-corrected chi connectivity index (χ1v) is 9.66. The lowest BCUT2D eigenvalue weighted by Crippen LogP contribution is -2.21. The number of hydrogen-bond acceptors (Lipinski definition) is 6. The molecule has 1 aromatic heterocycles. The highest BCUT2D eigenvalue weighted by atomic mass is 16.7. The zero-order valence-corrected chi connectivity index (χ0v) is 17.0. The van der Waals surface area contributed by atoms with Crippen molar-refractivity contribution < 1.29 is 19.0 Å². The molecule has 0 fully saturated rings. The lowest BCUT2D eigenvalue weighted by atomic mass is 9.87. The summed E-state index contributed by atoms with van der Waals surface area (Å²) in [5.74, 6) is 2.09. The average Bonchev–Trinajstić information content (AvgIpc) is 3.19. The molecular formula is C22H28N2O4. The number of benzene rings is 1. The number of rotatable bonds is 9. The van der Waals surface area contributed by atoms with Gasteiger partial charge in [-0.05, 0) is 49.7 Å². The molecule has 1 atom stereocenters. The summed E-state index contributed by atoms with van der Waals surface area (Å²) in [7, 11) is 3.74. The van der Waals surface area contributed by atoms with E-state index in [4.69, 9.17) is 14.2 Å². The molecule has 0 spiro atoms. The number of Topliss-reactive ketones (excluding diaryl/α,β-unsaturated/α-hetero) is 1. The van der Waals surface area contributed by atoms with Gasteiger partial charge >= 0.3 is 0 Å². The number of ketones is 1.